The first kappa shape index (κ1) is 14.4. The predicted octanol–water partition coefficient (Wildman–Crippen LogP) is 4.43. The highest BCUT2D eigenvalue weighted by Gasteiger charge is 2.16. The van der Waals surface area contributed by atoms with Crippen LogP contribution in [0.5, 0.6) is 0 Å². The molecule has 2 nitrogen and oxygen atoms in total. The molecule has 0 bridgehead atoms. The van der Waals surface area contributed by atoms with Gasteiger partial charge in [0.15, 0.2) is 0 Å². The van der Waals surface area contributed by atoms with Crippen LogP contribution in [0, 0.1) is 20.8 Å². The monoisotopic (exact) mass is 282 g/mol. The van der Waals surface area contributed by atoms with E-state index >= 15 is 0 Å². The zero-order chi connectivity index (χ0) is 14.8. The van der Waals surface area contributed by atoms with Crippen molar-refractivity contribution in [1.29, 1.82) is 0 Å². The number of nitrogens with zero attached hydrogens (tertiary/aromatic N) is 1. The van der Waals surface area contributed by atoms with E-state index in [2.05, 4.69) is 61.0 Å². The molecule has 0 atom stereocenters. The smallest absolute Gasteiger partial charge is 0.0455 e. The Labute approximate surface area is 128 Å². The van der Waals surface area contributed by atoms with Gasteiger partial charge in [0.25, 0.3) is 0 Å². The quantitative estimate of drug-likeness (QED) is 0.877. The molecule has 112 valence electrons. The van der Waals surface area contributed by atoms with E-state index < -0.39 is 0 Å². The number of nitrogens with one attached hydrogen (secondary N) is 1. The second kappa shape index (κ2) is 6.07. The standard InChI is InChI=1S/C19H26N2/c1-14-8-10-19(11-9-14)21-15(2)12-17(16(21)3)13-20-18-6-4-5-7-18/h8-12,18,20H,4-7,13H2,1-3H3. The lowest BCUT2D eigenvalue weighted by Crippen LogP contribution is -2.25. The zero-order valence-electron chi connectivity index (χ0n) is 13.4. The van der Waals surface area contributed by atoms with Crippen molar-refractivity contribution in [3.63, 3.8) is 0 Å². The Balaban J connectivity index is 1.80. The van der Waals surface area contributed by atoms with Gasteiger partial charge in [0.2, 0.25) is 0 Å². The minimum Gasteiger partial charge on any atom is -0.318 e. The molecule has 2 heteroatoms. The van der Waals surface area contributed by atoms with Crippen LogP contribution < -0.4 is 5.32 Å². The first-order chi connectivity index (χ1) is 10.1. The summed E-state index contributed by atoms with van der Waals surface area (Å²) in [6.45, 7) is 7.57. The molecule has 1 saturated carbocycles. The Kier molecular flexibility index (Phi) is 4.16. The summed E-state index contributed by atoms with van der Waals surface area (Å²) in [7, 11) is 0. The summed E-state index contributed by atoms with van der Waals surface area (Å²) >= 11 is 0. The molecule has 1 N–H and O–H groups in total. The highest BCUT2D eigenvalue weighted by Crippen LogP contribution is 2.23. The van der Waals surface area contributed by atoms with Crippen molar-refractivity contribution in [2.75, 3.05) is 0 Å². The molecule has 0 amide bonds. The van der Waals surface area contributed by atoms with E-state index in [9.17, 15) is 0 Å². The maximum absolute atomic E-state index is 3.73. The Morgan fingerprint density at radius 2 is 1.71 bits per heavy atom. The maximum Gasteiger partial charge on any atom is 0.0455 e. The van der Waals surface area contributed by atoms with E-state index in [-0.39, 0.29) is 0 Å². The van der Waals surface area contributed by atoms with Gasteiger partial charge in [0.1, 0.15) is 0 Å². The summed E-state index contributed by atoms with van der Waals surface area (Å²) in [6.07, 6.45) is 5.47. The predicted molar refractivity (Wildman–Crippen MR) is 89.1 cm³/mol. The number of hydrogen-bond donors (Lipinski definition) is 1. The Morgan fingerprint density at radius 1 is 1.05 bits per heavy atom. The molecular formula is C19H26N2. The van der Waals surface area contributed by atoms with Gasteiger partial charge in [-0.05, 0) is 57.4 Å². The summed E-state index contributed by atoms with van der Waals surface area (Å²) in [6, 6.07) is 11.9. The van der Waals surface area contributed by atoms with Crippen molar-refractivity contribution in [1.82, 2.24) is 9.88 Å². The third-order valence-electron chi connectivity index (χ3n) is 4.76. The molecule has 3 rings (SSSR count). The molecular weight excluding hydrogens is 256 g/mol. The van der Waals surface area contributed by atoms with Crippen LogP contribution in [0.15, 0.2) is 30.3 Å². The molecule has 1 aromatic carbocycles. The summed E-state index contributed by atoms with van der Waals surface area (Å²) in [4.78, 5) is 0. The lowest BCUT2D eigenvalue weighted by atomic mass is 10.2. The van der Waals surface area contributed by atoms with Crippen LogP contribution in [0.2, 0.25) is 0 Å². The Hall–Kier alpha value is -1.54. The van der Waals surface area contributed by atoms with Gasteiger partial charge in [-0.3, -0.25) is 0 Å². The third-order valence-corrected chi connectivity index (χ3v) is 4.76. The first-order valence-corrected chi connectivity index (χ1v) is 8.13. The zero-order valence-corrected chi connectivity index (χ0v) is 13.4. The Morgan fingerprint density at radius 3 is 2.38 bits per heavy atom. The summed E-state index contributed by atoms with van der Waals surface area (Å²) in [5, 5.41) is 3.73. The fraction of sp³-hybridized carbons (Fsp3) is 0.474. The van der Waals surface area contributed by atoms with Crippen LogP contribution in [0.3, 0.4) is 0 Å². The van der Waals surface area contributed by atoms with Crippen LogP contribution in [0.25, 0.3) is 5.69 Å². The number of benzene rings is 1. The second-order valence-electron chi connectivity index (χ2n) is 6.43. The molecule has 1 aliphatic rings. The molecule has 21 heavy (non-hydrogen) atoms. The highest BCUT2D eigenvalue weighted by molar-refractivity contribution is 5.42. The first-order valence-electron chi connectivity index (χ1n) is 8.13. The van der Waals surface area contributed by atoms with E-state index in [0.29, 0.717) is 0 Å². The van der Waals surface area contributed by atoms with Gasteiger partial charge < -0.3 is 9.88 Å². The van der Waals surface area contributed by atoms with Gasteiger partial charge in [-0.15, -0.1) is 0 Å². The van der Waals surface area contributed by atoms with Crippen molar-refractivity contribution < 1.29 is 0 Å². The van der Waals surface area contributed by atoms with E-state index in [1.165, 1.54) is 53.9 Å². The lowest BCUT2D eigenvalue weighted by molar-refractivity contribution is 0.523. The van der Waals surface area contributed by atoms with Crippen LogP contribution in [-0.2, 0) is 6.54 Å². The van der Waals surface area contributed by atoms with Crippen molar-refractivity contribution in [2.24, 2.45) is 0 Å². The van der Waals surface area contributed by atoms with Gasteiger partial charge >= 0.3 is 0 Å². The maximum atomic E-state index is 3.73. The SMILES string of the molecule is Cc1ccc(-n2c(C)cc(CNC3CCCC3)c2C)cc1. The molecule has 0 saturated heterocycles. The molecule has 1 aromatic heterocycles. The van der Waals surface area contributed by atoms with E-state index in [0.717, 1.165) is 12.6 Å². The molecule has 0 radical (unpaired) electrons. The highest BCUT2D eigenvalue weighted by atomic mass is 15.0. The average Bonchev–Trinajstić information content (AvgIpc) is 3.07. The van der Waals surface area contributed by atoms with E-state index in [1.807, 2.05) is 0 Å². The van der Waals surface area contributed by atoms with Gasteiger partial charge in [0, 0.05) is 29.7 Å². The Bertz CT molecular complexity index is 601. The minimum absolute atomic E-state index is 0.729. The number of hydrogen-bond acceptors (Lipinski definition) is 1. The molecule has 0 aliphatic heterocycles. The fourth-order valence-electron chi connectivity index (χ4n) is 3.48. The van der Waals surface area contributed by atoms with Crippen molar-refractivity contribution in [3.8, 4) is 5.69 Å². The van der Waals surface area contributed by atoms with Gasteiger partial charge in [-0.25, -0.2) is 0 Å². The minimum atomic E-state index is 0.729. The topological polar surface area (TPSA) is 17.0 Å². The van der Waals surface area contributed by atoms with E-state index in [1.54, 1.807) is 0 Å². The van der Waals surface area contributed by atoms with Crippen molar-refractivity contribution in [3.05, 3.63) is 52.8 Å². The van der Waals surface area contributed by atoms with Crippen molar-refractivity contribution >= 4 is 0 Å². The second-order valence-corrected chi connectivity index (χ2v) is 6.43. The molecule has 1 aliphatic carbocycles. The van der Waals surface area contributed by atoms with Gasteiger partial charge in [-0.1, -0.05) is 30.5 Å². The van der Waals surface area contributed by atoms with Crippen LogP contribution in [0.4, 0.5) is 0 Å². The average molecular weight is 282 g/mol. The molecule has 1 fully saturated rings. The van der Waals surface area contributed by atoms with Gasteiger partial charge in [0.05, 0.1) is 0 Å². The fourth-order valence-corrected chi connectivity index (χ4v) is 3.48. The largest absolute Gasteiger partial charge is 0.318 e. The summed E-state index contributed by atoms with van der Waals surface area (Å²) in [5.74, 6) is 0. The number of aromatic nitrogens is 1. The molecule has 2 aromatic rings. The number of rotatable bonds is 4. The van der Waals surface area contributed by atoms with Crippen LogP contribution in [-0.4, -0.2) is 10.6 Å². The van der Waals surface area contributed by atoms with Crippen LogP contribution in [0.1, 0.15) is 48.2 Å². The van der Waals surface area contributed by atoms with E-state index in [4.69, 9.17) is 0 Å². The van der Waals surface area contributed by atoms with Crippen molar-refractivity contribution in [2.45, 2.75) is 59.0 Å². The van der Waals surface area contributed by atoms with Gasteiger partial charge in [-0.2, -0.15) is 0 Å². The van der Waals surface area contributed by atoms with Crippen LogP contribution >= 0.6 is 0 Å². The molecule has 0 unspecified atom stereocenters. The number of aryl methyl sites for hydroxylation is 2. The third kappa shape index (κ3) is 3.06. The molecule has 1 heterocycles. The summed E-state index contributed by atoms with van der Waals surface area (Å²) in [5.41, 5.74) is 6.69. The normalized spacial score (nSPS) is 15.8. The summed E-state index contributed by atoms with van der Waals surface area (Å²) < 4.78 is 2.37. The lowest BCUT2D eigenvalue weighted by Gasteiger charge is -2.13. The molecule has 0 spiro atoms.